The minimum absolute atomic E-state index is 0.154. The van der Waals surface area contributed by atoms with Crippen molar-refractivity contribution in [2.24, 2.45) is 28.2 Å². The molecule has 4 heteroatoms. The van der Waals surface area contributed by atoms with Gasteiger partial charge >= 0.3 is 0 Å². The minimum Gasteiger partial charge on any atom is -0.316 e. The third kappa shape index (κ3) is 3.41. The summed E-state index contributed by atoms with van der Waals surface area (Å²) >= 11 is 1.74. The number of hydrogen-bond donors (Lipinski definition) is 0. The van der Waals surface area contributed by atoms with Gasteiger partial charge in [0.05, 0.1) is 11.1 Å². The van der Waals surface area contributed by atoms with Crippen molar-refractivity contribution in [2.45, 2.75) is 78.7 Å². The molecule has 1 amide bonds. The van der Waals surface area contributed by atoms with Crippen LogP contribution in [0.4, 0.5) is 0 Å². The third-order valence-electron chi connectivity index (χ3n) is 7.79. The Hall–Kier alpha value is -1.68. The standard InChI is InChI=1S/C26H34N2OS/c1-4-6-22-23(21-9-7-17(3)8-10-21)28(5-2)25(30-22)27-24(29)26-14-18-11-19(15-26)13-20(12-18)16-26/h7-10,18-20H,4-6,11-16H2,1-3H3. The van der Waals surface area contributed by atoms with Gasteiger partial charge in [-0.25, -0.2) is 0 Å². The van der Waals surface area contributed by atoms with Crippen LogP contribution in [0.15, 0.2) is 29.3 Å². The lowest BCUT2D eigenvalue weighted by Gasteiger charge is -2.55. The van der Waals surface area contributed by atoms with Gasteiger partial charge < -0.3 is 4.57 Å². The summed E-state index contributed by atoms with van der Waals surface area (Å²) in [6, 6.07) is 8.79. The van der Waals surface area contributed by atoms with Crippen LogP contribution in [0.25, 0.3) is 11.3 Å². The SMILES string of the molecule is CCCc1sc(=NC(=O)C23CC4CC(CC(C4)C2)C3)n(CC)c1-c1ccc(C)cc1. The normalized spacial score (nSPS) is 30.2. The molecule has 4 aliphatic rings. The van der Waals surface area contributed by atoms with Crippen molar-refractivity contribution < 1.29 is 4.79 Å². The molecular weight excluding hydrogens is 388 g/mol. The molecule has 30 heavy (non-hydrogen) atoms. The van der Waals surface area contributed by atoms with Gasteiger partial charge in [-0.05, 0) is 82.1 Å². The molecule has 2 aromatic rings. The molecule has 1 heterocycles. The van der Waals surface area contributed by atoms with Crippen molar-refractivity contribution in [1.29, 1.82) is 0 Å². The van der Waals surface area contributed by atoms with E-state index in [9.17, 15) is 4.79 Å². The minimum atomic E-state index is -0.154. The number of carbonyl (C=O) groups excluding carboxylic acids is 1. The zero-order valence-electron chi connectivity index (χ0n) is 18.6. The van der Waals surface area contributed by atoms with E-state index in [1.54, 1.807) is 11.3 Å². The number of aryl methyl sites for hydroxylation is 2. The van der Waals surface area contributed by atoms with Gasteiger partial charge in [-0.1, -0.05) is 43.2 Å². The average Bonchev–Trinajstić information content (AvgIpc) is 3.04. The van der Waals surface area contributed by atoms with Gasteiger partial charge in [0.1, 0.15) is 0 Å². The highest BCUT2D eigenvalue weighted by molar-refractivity contribution is 7.09. The number of carbonyl (C=O) groups is 1. The highest BCUT2D eigenvalue weighted by Crippen LogP contribution is 2.60. The van der Waals surface area contributed by atoms with E-state index in [1.807, 2.05) is 0 Å². The van der Waals surface area contributed by atoms with E-state index in [4.69, 9.17) is 4.99 Å². The Morgan fingerprint density at radius 2 is 1.67 bits per heavy atom. The van der Waals surface area contributed by atoms with E-state index in [2.05, 4.69) is 49.6 Å². The van der Waals surface area contributed by atoms with Crippen LogP contribution in [-0.4, -0.2) is 10.5 Å². The molecule has 3 nitrogen and oxygen atoms in total. The number of amides is 1. The molecule has 160 valence electrons. The monoisotopic (exact) mass is 422 g/mol. The molecule has 0 unspecified atom stereocenters. The molecule has 4 aliphatic carbocycles. The van der Waals surface area contributed by atoms with Gasteiger partial charge in [0, 0.05) is 11.4 Å². The smallest absolute Gasteiger partial charge is 0.254 e. The van der Waals surface area contributed by atoms with E-state index in [0.717, 1.165) is 61.2 Å². The van der Waals surface area contributed by atoms with Crippen LogP contribution >= 0.6 is 11.3 Å². The van der Waals surface area contributed by atoms with E-state index in [1.165, 1.54) is 41.0 Å². The molecule has 0 radical (unpaired) electrons. The van der Waals surface area contributed by atoms with E-state index in [0.29, 0.717) is 0 Å². The van der Waals surface area contributed by atoms with Gasteiger partial charge in [-0.15, -0.1) is 11.3 Å². The largest absolute Gasteiger partial charge is 0.316 e. The highest BCUT2D eigenvalue weighted by atomic mass is 32.1. The summed E-state index contributed by atoms with van der Waals surface area (Å²) in [5, 5.41) is 0. The predicted molar refractivity (Wildman–Crippen MR) is 123 cm³/mol. The molecule has 0 N–H and O–H groups in total. The van der Waals surface area contributed by atoms with Crippen LogP contribution in [0.1, 0.15) is 69.2 Å². The maximum absolute atomic E-state index is 13.6. The Balaban J connectivity index is 1.57. The summed E-state index contributed by atoms with van der Waals surface area (Å²) < 4.78 is 2.29. The highest BCUT2D eigenvalue weighted by Gasteiger charge is 2.54. The second kappa shape index (κ2) is 7.78. The maximum Gasteiger partial charge on any atom is 0.254 e. The zero-order chi connectivity index (χ0) is 20.9. The average molecular weight is 423 g/mol. The molecular formula is C26H34N2OS. The fraction of sp³-hybridized carbons (Fsp3) is 0.615. The van der Waals surface area contributed by atoms with Crippen molar-refractivity contribution >= 4 is 17.2 Å². The summed E-state index contributed by atoms with van der Waals surface area (Å²) in [5.41, 5.74) is 3.63. The number of benzene rings is 1. The third-order valence-corrected chi connectivity index (χ3v) is 8.92. The predicted octanol–water partition coefficient (Wildman–Crippen LogP) is 6.14. The fourth-order valence-electron chi connectivity index (χ4n) is 6.84. The van der Waals surface area contributed by atoms with E-state index in [-0.39, 0.29) is 11.3 Å². The zero-order valence-corrected chi connectivity index (χ0v) is 19.4. The van der Waals surface area contributed by atoms with E-state index >= 15 is 0 Å². The molecule has 6 rings (SSSR count). The number of thiazole rings is 1. The molecule has 4 bridgehead atoms. The Labute approximate surface area is 184 Å². The molecule has 0 saturated heterocycles. The summed E-state index contributed by atoms with van der Waals surface area (Å²) in [6.07, 6.45) is 9.49. The van der Waals surface area contributed by atoms with Crippen LogP contribution in [-0.2, 0) is 17.8 Å². The first-order valence-corrected chi connectivity index (χ1v) is 12.7. The Bertz CT molecular complexity index is 975. The molecule has 0 spiro atoms. The van der Waals surface area contributed by atoms with Gasteiger partial charge in [0.15, 0.2) is 4.80 Å². The van der Waals surface area contributed by atoms with Crippen LogP contribution in [0.3, 0.4) is 0 Å². The second-order valence-corrected chi connectivity index (χ2v) is 11.2. The van der Waals surface area contributed by atoms with Crippen molar-refractivity contribution in [1.82, 2.24) is 4.57 Å². The lowest BCUT2D eigenvalue weighted by atomic mass is 9.49. The second-order valence-electron chi connectivity index (χ2n) is 10.1. The first-order chi connectivity index (χ1) is 14.5. The van der Waals surface area contributed by atoms with Crippen molar-refractivity contribution in [3.05, 3.63) is 39.5 Å². The lowest BCUT2D eigenvalue weighted by molar-refractivity contribution is -0.142. The van der Waals surface area contributed by atoms with Crippen molar-refractivity contribution in [3.63, 3.8) is 0 Å². The Morgan fingerprint density at radius 3 is 2.20 bits per heavy atom. The molecule has 4 fully saturated rings. The quantitative estimate of drug-likeness (QED) is 0.570. The number of hydrogen-bond acceptors (Lipinski definition) is 2. The summed E-state index contributed by atoms with van der Waals surface area (Å²) in [7, 11) is 0. The number of rotatable bonds is 5. The van der Waals surface area contributed by atoms with Gasteiger partial charge in [0.2, 0.25) is 0 Å². The van der Waals surface area contributed by atoms with Gasteiger partial charge in [-0.2, -0.15) is 4.99 Å². The van der Waals surface area contributed by atoms with E-state index < -0.39 is 0 Å². The summed E-state index contributed by atoms with van der Waals surface area (Å²) in [6.45, 7) is 7.38. The maximum atomic E-state index is 13.6. The molecule has 1 aromatic carbocycles. The van der Waals surface area contributed by atoms with Crippen molar-refractivity contribution in [3.8, 4) is 11.3 Å². The number of nitrogens with zero attached hydrogens (tertiary/aromatic N) is 2. The summed E-state index contributed by atoms with van der Waals surface area (Å²) in [5.74, 6) is 2.51. The van der Waals surface area contributed by atoms with Gasteiger partial charge in [0.25, 0.3) is 5.91 Å². The topological polar surface area (TPSA) is 34.4 Å². The molecule has 0 atom stereocenters. The molecule has 0 aliphatic heterocycles. The van der Waals surface area contributed by atoms with Crippen LogP contribution < -0.4 is 4.80 Å². The van der Waals surface area contributed by atoms with Gasteiger partial charge in [-0.3, -0.25) is 4.79 Å². The Morgan fingerprint density at radius 1 is 1.07 bits per heavy atom. The Kier molecular flexibility index (Phi) is 5.25. The molecule has 1 aromatic heterocycles. The first-order valence-electron chi connectivity index (χ1n) is 11.9. The first kappa shape index (κ1) is 20.2. The molecule has 4 saturated carbocycles. The van der Waals surface area contributed by atoms with Crippen LogP contribution in [0.2, 0.25) is 0 Å². The van der Waals surface area contributed by atoms with Crippen LogP contribution in [0, 0.1) is 30.1 Å². The van der Waals surface area contributed by atoms with Crippen molar-refractivity contribution in [2.75, 3.05) is 0 Å². The van der Waals surface area contributed by atoms with Crippen LogP contribution in [0.5, 0.6) is 0 Å². The fourth-order valence-corrected chi connectivity index (χ4v) is 8.15. The lowest BCUT2D eigenvalue weighted by Crippen LogP contribution is -2.49. The number of aromatic nitrogens is 1. The summed E-state index contributed by atoms with van der Waals surface area (Å²) in [4.78, 5) is 20.8.